The van der Waals surface area contributed by atoms with Crippen molar-refractivity contribution < 1.29 is 22.0 Å². The molecule has 6 nitrogen and oxygen atoms in total. The zero-order chi connectivity index (χ0) is 5.98. The van der Waals surface area contributed by atoms with E-state index in [-0.39, 0.29) is 22.9 Å². The van der Waals surface area contributed by atoms with Crippen molar-refractivity contribution in [3.05, 3.63) is 16.3 Å². The van der Waals surface area contributed by atoms with Crippen LogP contribution in [0.25, 0.3) is 0 Å². The van der Waals surface area contributed by atoms with Gasteiger partial charge in [0.05, 0.1) is 5.10 Å². The molecule has 0 saturated heterocycles. The van der Waals surface area contributed by atoms with Crippen molar-refractivity contribution in [2.45, 2.75) is 0 Å². The summed E-state index contributed by atoms with van der Waals surface area (Å²) in [5.74, 6) is -0.259. The maximum Gasteiger partial charge on any atom is 0.410 e. The van der Waals surface area contributed by atoms with E-state index in [1.807, 2.05) is 0 Å². The predicted octanol–water partition coefficient (Wildman–Crippen LogP) is -0.290. The van der Waals surface area contributed by atoms with Gasteiger partial charge in [0.1, 0.15) is 0 Å². The molecule has 0 amide bonds. The molecule has 0 aliphatic heterocycles. The van der Waals surface area contributed by atoms with Gasteiger partial charge >= 0.3 is 5.82 Å². The third kappa shape index (κ3) is 1.79. The van der Waals surface area contributed by atoms with Crippen molar-refractivity contribution in [2.24, 2.45) is 0 Å². The van der Waals surface area contributed by atoms with Crippen LogP contribution in [0.4, 0.5) is 5.82 Å². The van der Waals surface area contributed by atoms with Gasteiger partial charge in [-0.25, -0.2) is 0 Å². The molecule has 1 rings (SSSR count). The van der Waals surface area contributed by atoms with E-state index >= 15 is 0 Å². The van der Waals surface area contributed by atoms with E-state index in [9.17, 15) is 10.1 Å². The zero-order valence-electron chi connectivity index (χ0n) is 4.04. The molecule has 1 aromatic heterocycles. The van der Waals surface area contributed by atoms with Crippen LogP contribution in [0, 0.1) is 10.1 Å². The second-order valence-corrected chi connectivity index (χ2v) is 1.09. The van der Waals surface area contributed by atoms with Gasteiger partial charge in [-0.15, -0.1) is 10.3 Å². The molecule has 7 heteroatoms. The fraction of sp³-hybridized carbons (Fsp3) is 0. The van der Waals surface area contributed by atoms with E-state index in [0.29, 0.717) is 0 Å². The maximum absolute atomic E-state index is 9.75. The summed E-state index contributed by atoms with van der Waals surface area (Å²) in [4.78, 5) is 9.12. The first-order valence-corrected chi connectivity index (χ1v) is 1.81. The van der Waals surface area contributed by atoms with Crippen LogP contribution in [0.1, 0.15) is 0 Å². The third-order valence-electron chi connectivity index (χ3n) is 0.589. The van der Waals surface area contributed by atoms with Crippen LogP contribution in [-0.4, -0.2) is 20.3 Å². The van der Waals surface area contributed by atoms with Crippen molar-refractivity contribution in [1.82, 2.24) is 15.4 Å². The van der Waals surface area contributed by atoms with E-state index in [1.54, 1.807) is 0 Å². The third-order valence-corrected chi connectivity index (χ3v) is 0.589. The maximum atomic E-state index is 9.75. The normalized spacial score (nSPS) is 8.00. The molecule has 0 spiro atoms. The van der Waals surface area contributed by atoms with Crippen LogP contribution in [0.15, 0.2) is 6.20 Å². The minimum atomic E-state index is -0.622. The van der Waals surface area contributed by atoms with Crippen LogP contribution in [-0.2, 0) is 17.1 Å². The Morgan fingerprint density at radius 3 is 2.67 bits per heavy atom. The Morgan fingerprint density at radius 2 is 2.44 bits per heavy atom. The molecule has 53 valence electrons. The Morgan fingerprint density at radius 1 is 1.78 bits per heavy atom. The summed E-state index contributed by atoms with van der Waals surface area (Å²) in [6, 6.07) is 0. The Hall–Kier alpha value is -0.941. The Bertz CT molecular complexity index is 184. The molecule has 1 heterocycles. The molecule has 0 bridgehead atoms. The van der Waals surface area contributed by atoms with Gasteiger partial charge in [-0.05, 0) is 4.92 Å². The summed E-state index contributed by atoms with van der Waals surface area (Å²) < 4.78 is 0. The SMILES string of the molecule is O=[N+]([O-])c1cn[nH]n1.[Cu]. The van der Waals surface area contributed by atoms with E-state index < -0.39 is 4.92 Å². The standard InChI is InChI=1S/C2H2N4O2.Cu/c7-6(8)2-1-3-5-4-2;/h1H,(H,3,4,5);. The van der Waals surface area contributed by atoms with Gasteiger partial charge in [0.2, 0.25) is 0 Å². The van der Waals surface area contributed by atoms with E-state index in [2.05, 4.69) is 15.4 Å². The van der Waals surface area contributed by atoms with E-state index in [1.165, 1.54) is 0 Å². The predicted molar refractivity (Wildman–Crippen MR) is 23.0 cm³/mol. The number of hydrogen-bond donors (Lipinski definition) is 1. The van der Waals surface area contributed by atoms with Gasteiger partial charge in [-0.1, -0.05) is 0 Å². The zero-order valence-corrected chi connectivity index (χ0v) is 4.98. The number of nitrogens with zero attached hydrogens (tertiary/aromatic N) is 3. The first-order valence-electron chi connectivity index (χ1n) is 1.81. The van der Waals surface area contributed by atoms with Crippen molar-refractivity contribution in [1.29, 1.82) is 0 Å². The Labute approximate surface area is 60.3 Å². The molecule has 0 fully saturated rings. The fourth-order valence-corrected chi connectivity index (χ4v) is 0.284. The minimum absolute atomic E-state index is 0. The monoisotopic (exact) mass is 177 g/mol. The van der Waals surface area contributed by atoms with Crippen LogP contribution >= 0.6 is 0 Å². The molecule has 1 aromatic rings. The number of aromatic nitrogens is 3. The number of aromatic amines is 1. The van der Waals surface area contributed by atoms with E-state index in [4.69, 9.17) is 0 Å². The summed E-state index contributed by atoms with van der Waals surface area (Å²) in [5, 5.41) is 18.3. The van der Waals surface area contributed by atoms with Crippen LogP contribution in [0.3, 0.4) is 0 Å². The number of nitro groups is 1. The summed E-state index contributed by atoms with van der Waals surface area (Å²) in [6.07, 6.45) is 1.04. The van der Waals surface area contributed by atoms with Crippen molar-refractivity contribution >= 4 is 5.82 Å². The number of rotatable bonds is 1. The quantitative estimate of drug-likeness (QED) is 0.363. The molecule has 0 aliphatic carbocycles. The van der Waals surface area contributed by atoms with Gasteiger partial charge in [0.25, 0.3) is 0 Å². The van der Waals surface area contributed by atoms with Crippen molar-refractivity contribution in [3.63, 3.8) is 0 Å². The fourth-order valence-electron chi connectivity index (χ4n) is 0.284. The first-order chi connectivity index (χ1) is 3.80. The molecular weight excluding hydrogens is 176 g/mol. The average molecular weight is 178 g/mol. The molecular formula is C2H2CuN4O2. The number of hydrogen-bond acceptors (Lipinski definition) is 4. The van der Waals surface area contributed by atoms with Crippen LogP contribution < -0.4 is 0 Å². The van der Waals surface area contributed by atoms with Gasteiger partial charge < -0.3 is 10.1 Å². The number of H-pyrrole nitrogens is 1. The number of nitrogens with one attached hydrogen (secondary N) is 1. The molecule has 1 radical (unpaired) electrons. The summed E-state index contributed by atoms with van der Waals surface area (Å²) in [7, 11) is 0. The second kappa shape index (κ2) is 3.16. The molecule has 0 unspecified atom stereocenters. The topological polar surface area (TPSA) is 84.7 Å². The molecule has 9 heavy (non-hydrogen) atoms. The smallest absolute Gasteiger partial charge is 0.358 e. The molecule has 0 saturated carbocycles. The Kier molecular flexibility index (Phi) is 2.83. The average Bonchev–Trinajstić information content (AvgIpc) is 2.12. The summed E-state index contributed by atoms with van der Waals surface area (Å²) >= 11 is 0. The molecule has 0 aromatic carbocycles. The molecule has 0 atom stereocenters. The second-order valence-electron chi connectivity index (χ2n) is 1.09. The van der Waals surface area contributed by atoms with Crippen LogP contribution in [0.2, 0.25) is 0 Å². The molecule has 0 aliphatic rings. The van der Waals surface area contributed by atoms with Gasteiger partial charge in [-0.2, -0.15) is 0 Å². The van der Waals surface area contributed by atoms with Gasteiger partial charge in [-0.3, -0.25) is 0 Å². The van der Waals surface area contributed by atoms with Gasteiger partial charge in [0.15, 0.2) is 6.20 Å². The summed E-state index contributed by atoms with van der Waals surface area (Å²) in [5.41, 5.74) is 0. The van der Waals surface area contributed by atoms with E-state index in [0.717, 1.165) is 6.20 Å². The summed E-state index contributed by atoms with van der Waals surface area (Å²) in [6.45, 7) is 0. The van der Waals surface area contributed by atoms with Crippen molar-refractivity contribution in [3.8, 4) is 0 Å². The largest absolute Gasteiger partial charge is 0.410 e. The van der Waals surface area contributed by atoms with Crippen molar-refractivity contribution in [2.75, 3.05) is 0 Å². The first kappa shape index (κ1) is 8.06. The molecule has 1 N–H and O–H groups in total. The Balaban J connectivity index is 0.000000640. The van der Waals surface area contributed by atoms with Gasteiger partial charge in [0, 0.05) is 17.1 Å². The van der Waals surface area contributed by atoms with Crippen LogP contribution in [0.5, 0.6) is 0 Å². The minimum Gasteiger partial charge on any atom is -0.358 e.